The van der Waals surface area contributed by atoms with E-state index in [1.807, 2.05) is 6.07 Å². The van der Waals surface area contributed by atoms with Gasteiger partial charge in [0.1, 0.15) is 5.69 Å². The van der Waals surface area contributed by atoms with Crippen LogP contribution in [-0.4, -0.2) is 42.0 Å². The molecule has 1 spiro atoms. The van der Waals surface area contributed by atoms with Crippen LogP contribution in [0, 0.1) is 0 Å². The number of hydrogen-bond acceptors (Lipinski definition) is 4. The molecule has 0 unspecified atom stereocenters. The quantitative estimate of drug-likeness (QED) is 0.889. The number of nitrogens with zero attached hydrogens (tertiary/aromatic N) is 2. The lowest BCUT2D eigenvalue weighted by Crippen LogP contribution is -2.49. The summed E-state index contributed by atoms with van der Waals surface area (Å²) in [4.78, 5) is 12.8. The molecule has 1 aromatic heterocycles. The smallest absolute Gasteiger partial charge is 0.270 e. The van der Waals surface area contributed by atoms with Gasteiger partial charge < -0.3 is 15.4 Å². The highest BCUT2D eigenvalue weighted by Gasteiger charge is 2.53. The molecule has 2 aromatic rings. The molecule has 6 heteroatoms. The number of ether oxygens (including phenoxy) is 1. The van der Waals surface area contributed by atoms with Crippen molar-refractivity contribution in [1.82, 2.24) is 20.4 Å². The summed E-state index contributed by atoms with van der Waals surface area (Å²) >= 11 is 0. The zero-order valence-electron chi connectivity index (χ0n) is 14.7. The van der Waals surface area contributed by atoms with Crippen LogP contribution in [0.4, 0.5) is 0 Å². The summed E-state index contributed by atoms with van der Waals surface area (Å²) in [5.41, 5.74) is 3.00. The third-order valence-electron chi connectivity index (χ3n) is 5.77. The summed E-state index contributed by atoms with van der Waals surface area (Å²) in [5.74, 6) is -0.118. The van der Waals surface area contributed by atoms with Crippen LogP contribution in [-0.2, 0) is 17.2 Å². The second-order valence-electron chi connectivity index (χ2n) is 6.94. The molecule has 1 saturated heterocycles. The molecule has 2 atom stereocenters. The zero-order valence-corrected chi connectivity index (χ0v) is 14.7. The van der Waals surface area contributed by atoms with Gasteiger partial charge in [-0.25, -0.2) is 0 Å². The summed E-state index contributed by atoms with van der Waals surface area (Å²) in [6.07, 6.45) is 3.60. The molecule has 132 valence electrons. The van der Waals surface area contributed by atoms with E-state index in [4.69, 9.17) is 4.74 Å². The predicted octanol–water partition coefficient (Wildman–Crippen LogP) is 1.54. The van der Waals surface area contributed by atoms with E-state index in [1.165, 1.54) is 11.1 Å². The second kappa shape index (κ2) is 6.28. The van der Waals surface area contributed by atoms with Crippen LogP contribution >= 0.6 is 0 Å². The van der Waals surface area contributed by atoms with Crippen LogP contribution in [0.15, 0.2) is 36.5 Å². The molecule has 2 heterocycles. The van der Waals surface area contributed by atoms with Crippen molar-refractivity contribution in [2.75, 3.05) is 20.2 Å². The average Bonchev–Trinajstić information content (AvgIpc) is 3.17. The third kappa shape index (κ3) is 2.48. The Morgan fingerprint density at radius 3 is 2.76 bits per heavy atom. The molecule has 1 amide bonds. The molecule has 1 aromatic carbocycles. The fourth-order valence-corrected chi connectivity index (χ4v) is 4.61. The molecule has 1 aliphatic carbocycles. The first-order valence-electron chi connectivity index (χ1n) is 8.79. The fourth-order valence-electron chi connectivity index (χ4n) is 4.61. The Labute approximate surface area is 147 Å². The number of nitrogens with one attached hydrogen (secondary N) is 2. The minimum Gasteiger partial charge on any atom is -0.378 e. The number of piperidine rings is 1. The lowest BCUT2D eigenvalue weighted by atomic mass is 9.72. The van der Waals surface area contributed by atoms with Crippen molar-refractivity contribution in [2.45, 2.75) is 30.4 Å². The molecule has 2 aliphatic rings. The van der Waals surface area contributed by atoms with Crippen LogP contribution in [0.3, 0.4) is 0 Å². The number of hydrogen-bond donors (Lipinski definition) is 2. The van der Waals surface area contributed by atoms with Gasteiger partial charge in [0.25, 0.3) is 5.91 Å². The highest BCUT2D eigenvalue weighted by atomic mass is 16.5. The summed E-state index contributed by atoms with van der Waals surface area (Å²) in [6.45, 7) is 1.94. The standard InChI is InChI=1S/C19H24N4O2/c1-23-15(7-10-21-23)18(24)22-16-13-5-3-4-6-14(13)19(17(16)25-2)8-11-20-12-9-19/h3-7,10,16-17,20H,8-9,11-12H2,1-2H3,(H,22,24)/t16-,17+/m0/s1. The average molecular weight is 340 g/mol. The minimum atomic E-state index is -0.151. The number of fused-ring (bicyclic) bond motifs is 2. The van der Waals surface area contributed by atoms with Crippen molar-refractivity contribution in [1.29, 1.82) is 0 Å². The van der Waals surface area contributed by atoms with E-state index in [0.717, 1.165) is 25.9 Å². The van der Waals surface area contributed by atoms with Crippen molar-refractivity contribution in [2.24, 2.45) is 7.05 Å². The van der Waals surface area contributed by atoms with Gasteiger partial charge in [-0.1, -0.05) is 24.3 Å². The van der Waals surface area contributed by atoms with E-state index < -0.39 is 0 Å². The van der Waals surface area contributed by atoms with Gasteiger partial charge in [-0.3, -0.25) is 9.48 Å². The maximum absolute atomic E-state index is 12.8. The summed E-state index contributed by atoms with van der Waals surface area (Å²) in [5, 5.41) is 10.7. The molecule has 1 fully saturated rings. The van der Waals surface area contributed by atoms with Crippen molar-refractivity contribution in [3.8, 4) is 0 Å². The van der Waals surface area contributed by atoms with Crippen molar-refractivity contribution in [3.05, 3.63) is 53.3 Å². The molecule has 25 heavy (non-hydrogen) atoms. The summed E-state index contributed by atoms with van der Waals surface area (Å²) < 4.78 is 7.58. The van der Waals surface area contributed by atoms with Gasteiger partial charge >= 0.3 is 0 Å². The Hall–Kier alpha value is -2.18. The largest absolute Gasteiger partial charge is 0.378 e. The number of aryl methyl sites for hydroxylation is 1. The van der Waals surface area contributed by atoms with Gasteiger partial charge in [-0.15, -0.1) is 0 Å². The molecular formula is C19H24N4O2. The van der Waals surface area contributed by atoms with Gasteiger partial charge in [0.2, 0.25) is 0 Å². The van der Waals surface area contributed by atoms with E-state index in [-0.39, 0.29) is 23.5 Å². The first-order valence-corrected chi connectivity index (χ1v) is 8.79. The Balaban J connectivity index is 1.72. The van der Waals surface area contributed by atoms with Crippen LogP contribution < -0.4 is 10.6 Å². The van der Waals surface area contributed by atoms with Gasteiger partial charge in [0, 0.05) is 25.8 Å². The Morgan fingerprint density at radius 2 is 2.08 bits per heavy atom. The number of carbonyl (C=O) groups excluding carboxylic acids is 1. The highest BCUT2D eigenvalue weighted by molar-refractivity contribution is 5.93. The van der Waals surface area contributed by atoms with Crippen LogP contribution in [0.2, 0.25) is 0 Å². The van der Waals surface area contributed by atoms with Crippen molar-refractivity contribution < 1.29 is 9.53 Å². The number of rotatable bonds is 3. The monoisotopic (exact) mass is 340 g/mol. The van der Waals surface area contributed by atoms with Gasteiger partial charge in [0.05, 0.1) is 12.1 Å². The SMILES string of the molecule is CO[C@@H]1[C@@H](NC(=O)c2ccnn2C)c2ccccc2C12CCNCC2. The van der Waals surface area contributed by atoms with E-state index in [0.29, 0.717) is 5.69 Å². The van der Waals surface area contributed by atoms with Gasteiger partial charge in [-0.2, -0.15) is 5.10 Å². The molecule has 6 nitrogen and oxygen atoms in total. The Bertz CT molecular complexity index is 779. The third-order valence-corrected chi connectivity index (χ3v) is 5.77. The van der Waals surface area contributed by atoms with Crippen molar-refractivity contribution >= 4 is 5.91 Å². The predicted molar refractivity (Wildman–Crippen MR) is 94.4 cm³/mol. The molecule has 0 saturated carbocycles. The topological polar surface area (TPSA) is 68.2 Å². The van der Waals surface area contributed by atoms with Crippen LogP contribution in [0.5, 0.6) is 0 Å². The molecule has 4 rings (SSSR count). The van der Waals surface area contributed by atoms with E-state index in [2.05, 4.69) is 33.9 Å². The van der Waals surface area contributed by atoms with E-state index >= 15 is 0 Å². The highest BCUT2D eigenvalue weighted by Crippen LogP contribution is 2.51. The first-order chi connectivity index (χ1) is 12.2. The Kier molecular flexibility index (Phi) is 4.09. The summed E-state index contributed by atoms with van der Waals surface area (Å²) in [6, 6.07) is 10.0. The second-order valence-corrected chi connectivity index (χ2v) is 6.94. The zero-order chi connectivity index (χ0) is 17.4. The lowest BCUT2D eigenvalue weighted by Gasteiger charge is -2.40. The summed E-state index contributed by atoms with van der Waals surface area (Å²) in [7, 11) is 3.53. The van der Waals surface area contributed by atoms with Crippen LogP contribution in [0.25, 0.3) is 0 Å². The number of methoxy groups -OCH3 is 1. The first kappa shape index (κ1) is 16.3. The molecule has 2 N–H and O–H groups in total. The Morgan fingerprint density at radius 1 is 1.32 bits per heavy atom. The number of benzene rings is 1. The number of carbonyl (C=O) groups is 1. The van der Waals surface area contributed by atoms with Crippen molar-refractivity contribution in [3.63, 3.8) is 0 Å². The van der Waals surface area contributed by atoms with Crippen LogP contribution in [0.1, 0.15) is 40.5 Å². The molecule has 1 aliphatic heterocycles. The maximum Gasteiger partial charge on any atom is 0.270 e. The maximum atomic E-state index is 12.8. The minimum absolute atomic E-state index is 0.0407. The van der Waals surface area contributed by atoms with E-state index in [9.17, 15) is 4.79 Å². The fraction of sp³-hybridized carbons (Fsp3) is 0.474. The molecular weight excluding hydrogens is 316 g/mol. The van der Waals surface area contributed by atoms with E-state index in [1.54, 1.807) is 31.1 Å². The normalized spacial score (nSPS) is 24.2. The lowest BCUT2D eigenvalue weighted by molar-refractivity contribution is 0.00388. The van der Waals surface area contributed by atoms with Gasteiger partial charge in [0.15, 0.2) is 0 Å². The number of amides is 1. The molecule has 0 bridgehead atoms. The number of aromatic nitrogens is 2. The molecule has 0 radical (unpaired) electrons. The van der Waals surface area contributed by atoms with Gasteiger partial charge in [-0.05, 0) is 43.1 Å².